The highest BCUT2D eigenvalue weighted by Crippen LogP contribution is 2.23. The lowest BCUT2D eigenvalue weighted by atomic mass is 10.0. The second kappa shape index (κ2) is 17.3. The number of nitrogens with zero attached hydrogens (tertiary/aromatic N) is 1. The highest BCUT2D eigenvalue weighted by atomic mass is 16.6. The summed E-state index contributed by atoms with van der Waals surface area (Å²) in [6.45, 7) is 8.64. The minimum absolute atomic E-state index is 0.152. The number of rotatable bonds is 16. The molecule has 0 saturated heterocycles. The van der Waals surface area contributed by atoms with Crippen molar-refractivity contribution in [2.45, 2.75) is 71.6 Å². The molecule has 6 heteroatoms. The summed E-state index contributed by atoms with van der Waals surface area (Å²) >= 11 is 0. The van der Waals surface area contributed by atoms with Crippen molar-refractivity contribution < 1.29 is 23.8 Å². The molecule has 0 aliphatic carbocycles. The first-order valence-electron chi connectivity index (χ1n) is 16.1. The predicted molar refractivity (Wildman–Crippen MR) is 183 cm³/mol. The monoisotopic (exact) mass is 621 g/mol. The standard InChI is InChI=1S/C40H47NO5/c1-40(2,3)46-38(42)16-10-11-26-41(29-32-19-17-31(18-20-32)28-39(43)44-4)27-25-36-14-8-9-15-37(36)45-30-33-21-23-35(24-22-33)34-12-6-5-7-13-34/h5-9,12-15,17-24H,10-11,16,25-30H2,1-4H3. The van der Waals surface area contributed by atoms with Crippen molar-refractivity contribution in [2.24, 2.45) is 0 Å². The number of hydrogen-bond donors (Lipinski definition) is 0. The molecule has 4 rings (SSSR count). The van der Waals surface area contributed by atoms with Crippen LogP contribution in [0.4, 0.5) is 0 Å². The van der Waals surface area contributed by atoms with Crippen molar-refractivity contribution in [3.63, 3.8) is 0 Å². The summed E-state index contributed by atoms with van der Waals surface area (Å²) in [5.41, 5.74) is 6.31. The number of benzene rings is 4. The Labute approximate surface area is 274 Å². The SMILES string of the molecule is COC(=O)Cc1ccc(CN(CCCCC(=O)OC(C)(C)C)CCc2ccccc2OCc2ccc(-c3ccccc3)cc2)cc1. The van der Waals surface area contributed by atoms with E-state index in [9.17, 15) is 9.59 Å². The summed E-state index contributed by atoms with van der Waals surface area (Å²) < 4.78 is 16.6. The third-order valence-electron chi connectivity index (χ3n) is 7.66. The van der Waals surface area contributed by atoms with Crippen molar-refractivity contribution in [3.05, 3.63) is 125 Å². The number of esters is 2. The quantitative estimate of drug-likeness (QED) is 0.0928. The number of para-hydroxylation sites is 1. The molecule has 0 atom stereocenters. The third-order valence-corrected chi connectivity index (χ3v) is 7.66. The van der Waals surface area contributed by atoms with Gasteiger partial charge in [-0.1, -0.05) is 97.1 Å². The highest BCUT2D eigenvalue weighted by Gasteiger charge is 2.16. The summed E-state index contributed by atoms with van der Waals surface area (Å²) in [7, 11) is 1.41. The van der Waals surface area contributed by atoms with Gasteiger partial charge in [-0.2, -0.15) is 0 Å². The van der Waals surface area contributed by atoms with Gasteiger partial charge in [-0.05, 0) is 86.0 Å². The van der Waals surface area contributed by atoms with Crippen LogP contribution in [0.5, 0.6) is 5.75 Å². The van der Waals surface area contributed by atoms with Crippen LogP contribution >= 0.6 is 0 Å². The molecule has 242 valence electrons. The molecule has 6 nitrogen and oxygen atoms in total. The lowest BCUT2D eigenvalue weighted by Crippen LogP contribution is -2.27. The smallest absolute Gasteiger partial charge is 0.309 e. The number of carbonyl (C=O) groups excluding carboxylic acids is 2. The van der Waals surface area contributed by atoms with Gasteiger partial charge in [0.1, 0.15) is 18.0 Å². The molecule has 46 heavy (non-hydrogen) atoms. The van der Waals surface area contributed by atoms with Crippen molar-refractivity contribution >= 4 is 11.9 Å². The summed E-state index contributed by atoms with van der Waals surface area (Å²) in [4.78, 5) is 26.3. The number of unbranched alkanes of at least 4 members (excludes halogenated alkanes) is 1. The number of methoxy groups -OCH3 is 1. The lowest BCUT2D eigenvalue weighted by Gasteiger charge is -2.24. The average Bonchev–Trinajstić information content (AvgIpc) is 3.05. The van der Waals surface area contributed by atoms with E-state index in [1.807, 2.05) is 51.1 Å². The zero-order valence-corrected chi connectivity index (χ0v) is 27.7. The molecular formula is C40H47NO5. The van der Waals surface area contributed by atoms with Crippen LogP contribution in [0.3, 0.4) is 0 Å². The van der Waals surface area contributed by atoms with E-state index < -0.39 is 5.60 Å². The van der Waals surface area contributed by atoms with Gasteiger partial charge in [0.15, 0.2) is 0 Å². The van der Waals surface area contributed by atoms with E-state index in [4.69, 9.17) is 14.2 Å². The van der Waals surface area contributed by atoms with Crippen LogP contribution in [-0.2, 0) is 45.1 Å². The molecule has 4 aromatic carbocycles. The Bertz CT molecular complexity index is 1510. The van der Waals surface area contributed by atoms with Crippen molar-refractivity contribution in [1.82, 2.24) is 4.90 Å². The highest BCUT2D eigenvalue weighted by molar-refractivity contribution is 5.72. The molecule has 0 amide bonds. The fourth-order valence-corrected chi connectivity index (χ4v) is 5.24. The van der Waals surface area contributed by atoms with Gasteiger partial charge < -0.3 is 14.2 Å². The Kier molecular flexibility index (Phi) is 13.0. The maximum Gasteiger partial charge on any atom is 0.309 e. The second-order valence-electron chi connectivity index (χ2n) is 12.6. The molecule has 0 saturated carbocycles. The van der Waals surface area contributed by atoms with E-state index in [-0.39, 0.29) is 18.4 Å². The van der Waals surface area contributed by atoms with Gasteiger partial charge in [0.2, 0.25) is 0 Å². The van der Waals surface area contributed by atoms with Gasteiger partial charge in [0, 0.05) is 19.5 Å². The van der Waals surface area contributed by atoms with Gasteiger partial charge in [0.25, 0.3) is 0 Å². The van der Waals surface area contributed by atoms with Gasteiger partial charge in [-0.15, -0.1) is 0 Å². The first-order chi connectivity index (χ1) is 22.2. The van der Waals surface area contributed by atoms with Gasteiger partial charge in [-0.25, -0.2) is 0 Å². The summed E-state index contributed by atoms with van der Waals surface area (Å²) in [6, 6.07) is 35.3. The molecule has 0 unspecified atom stereocenters. The van der Waals surface area contributed by atoms with Crippen molar-refractivity contribution in [3.8, 4) is 16.9 Å². The fourth-order valence-electron chi connectivity index (χ4n) is 5.24. The van der Waals surface area contributed by atoms with Crippen LogP contribution in [0, 0.1) is 0 Å². The minimum Gasteiger partial charge on any atom is -0.489 e. The predicted octanol–water partition coefficient (Wildman–Crippen LogP) is 8.20. The van der Waals surface area contributed by atoms with Crippen molar-refractivity contribution in [2.75, 3.05) is 20.2 Å². The van der Waals surface area contributed by atoms with E-state index >= 15 is 0 Å². The number of hydrogen-bond acceptors (Lipinski definition) is 6. The topological polar surface area (TPSA) is 65.1 Å². The lowest BCUT2D eigenvalue weighted by molar-refractivity contribution is -0.155. The van der Waals surface area contributed by atoms with Gasteiger partial charge in [-0.3, -0.25) is 14.5 Å². The Morgan fingerprint density at radius 3 is 2.00 bits per heavy atom. The average molecular weight is 622 g/mol. The van der Waals surface area contributed by atoms with Crippen LogP contribution in [0.1, 0.15) is 62.3 Å². The zero-order valence-electron chi connectivity index (χ0n) is 27.7. The second-order valence-corrected chi connectivity index (χ2v) is 12.6. The third kappa shape index (κ3) is 11.8. The molecule has 0 bridgehead atoms. The summed E-state index contributed by atoms with van der Waals surface area (Å²) in [6.07, 6.45) is 3.16. The van der Waals surface area contributed by atoms with Crippen LogP contribution in [0.15, 0.2) is 103 Å². The number of ether oxygens (including phenoxy) is 3. The largest absolute Gasteiger partial charge is 0.489 e. The Balaban J connectivity index is 1.36. The molecule has 0 spiro atoms. The van der Waals surface area contributed by atoms with Gasteiger partial charge >= 0.3 is 11.9 Å². The maximum absolute atomic E-state index is 12.2. The van der Waals surface area contributed by atoms with E-state index in [1.54, 1.807) is 0 Å². The molecule has 0 aliphatic heterocycles. The Morgan fingerprint density at radius 2 is 1.30 bits per heavy atom. The first-order valence-corrected chi connectivity index (χ1v) is 16.1. The Morgan fingerprint density at radius 1 is 0.674 bits per heavy atom. The first kappa shape index (κ1) is 34.5. The molecule has 0 aliphatic rings. The van der Waals surface area contributed by atoms with E-state index in [0.717, 1.165) is 61.3 Å². The summed E-state index contributed by atoms with van der Waals surface area (Å²) in [5, 5.41) is 0. The fraction of sp³-hybridized carbons (Fsp3) is 0.350. The van der Waals surface area contributed by atoms with Crippen molar-refractivity contribution in [1.29, 1.82) is 0 Å². The Hall–Kier alpha value is -4.42. The summed E-state index contributed by atoms with van der Waals surface area (Å²) in [5.74, 6) is 0.497. The van der Waals surface area contributed by atoms with Crippen LogP contribution in [0.2, 0.25) is 0 Å². The number of carbonyl (C=O) groups is 2. The van der Waals surface area contributed by atoms with Crippen LogP contribution < -0.4 is 4.74 Å². The normalized spacial score (nSPS) is 11.3. The maximum atomic E-state index is 12.2. The zero-order chi connectivity index (χ0) is 32.8. The molecule has 0 radical (unpaired) electrons. The van der Waals surface area contributed by atoms with E-state index in [1.165, 1.54) is 23.8 Å². The van der Waals surface area contributed by atoms with E-state index in [2.05, 4.69) is 77.7 Å². The molecule has 0 fully saturated rings. The molecule has 0 N–H and O–H groups in total. The molecular weight excluding hydrogens is 574 g/mol. The molecule has 0 aromatic heterocycles. The van der Waals surface area contributed by atoms with Gasteiger partial charge in [0.05, 0.1) is 13.5 Å². The minimum atomic E-state index is -0.468. The molecule has 0 heterocycles. The van der Waals surface area contributed by atoms with Crippen LogP contribution in [-0.4, -0.2) is 42.6 Å². The van der Waals surface area contributed by atoms with Crippen LogP contribution in [0.25, 0.3) is 11.1 Å². The molecule has 4 aromatic rings. The van der Waals surface area contributed by atoms with E-state index in [0.29, 0.717) is 13.0 Å².